The van der Waals surface area contributed by atoms with Gasteiger partial charge in [0.1, 0.15) is 6.54 Å². The quantitative estimate of drug-likeness (QED) is 0.636. The van der Waals surface area contributed by atoms with Crippen LogP contribution in [0.2, 0.25) is 0 Å². The summed E-state index contributed by atoms with van der Waals surface area (Å²) in [6.45, 7) is 0.698. The van der Waals surface area contributed by atoms with Gasteiger partial charge in [-0.2, -0.15) is 5.10 Å². The second-order valence-corrected chi connectivity index (χ2v) is 5.37. The molecule has 112 valence electrons. The molecule has 0 amide bonds. The van der Waals surface area contributed by atoms with Gasteiger partial charge in [0.2, 0.25) is 0 Å². The molecule has 0 bridgehead atoms. The molecular weight excluding hydrogens is 296 g/mol. The van der Waals surface area contributed by atoms with Crippen molar-refractivity contribution in [2.24, 2.45) is 0 Å². The molecule has 0 fully saturated rings. The van der Waals surface area contributed by atoms with Crippen molar-refractivity contribution in [1.82, 2.24) is 15.2 Å². The molecule has 0 radical (unpaired) electrons. The number of benzene rings is 1. The van der Waals surface area contributed by atoms with E-state index in [1.165, 1.54) is 22.4 Å². The van der Waals surface area contributed by atoms with Crippen LogP contribution >= 0.6 is 0 Å². The number of aromatic nitrogens is 3. The van der Waals surface area contributed by atoms with E-state index in [0.29, 0.717) is 6.54 Å². The number of quaternary nitrogens is 1. The zero-order valence-electron chi connectivity index (χ0n) is 12.1. The highest BCUT2D eigenvalue weighted by molar-refractivity contribution is 5.77. The number of fused-ring (bicyclic) bond motifs is 3. The van der Waals surface area contributed by atoms with Crippen molar-refractivity contribution >= 4 is 0 Å². The summed E-state index contributed by atoms with van der Waals surface area (Å²) in [5, 5.41) is 7.80. The number of pyridine rings is 1. The molecule has 0 spiro atoms. The minimum Gasteiger partial charge on any atom is -1.00 e. The Morgan fingerprint density at radius 1 is 1.14 bits per heavy atom. The molecule has 4 nitrogen and oxygen atoms in total. The number of nitrogens with one attached hydrogen (secondary N) is 1. The smallest absolute Gasteiger partial charge is 0.117 e. The van der Waals surface area contributed by atoms with Crippen LogP contribution in [0.4, 0.5) is 0 Å². The van der Waals surface area contributed by atoms with Crippen LogP contribution in [-0.4, -0.2) is 15.2 Å². The maximum atomic E-state index is 4.57. The number of aromatic amines is 1. The van der Waals surface area contributed by atoms with Gasteiger partial charge in [-0.05, 0) is 30.5 Å². The van der Waals surface area contributed by atoms with Crippen LogP contribution in [-0.2, 0) is 19.4 Å². The highest BCUT2D eigenvalue weighted by atomic mass is 35.5. The van der Waals surface area contributed by atoms with E-state index in [9.17, 15) is 0 Å². The summed E-state index contributed by atoms with van der Waals surface area (Å²) in [6, 6.07) is 12.7. The number of aryl methyl sites for hydroxylation is 1. The second kappa shape index (κ2) is 5.91. The lowest BCUT2D eigenvalue weighted by molar-refractivity contribution is -0.387. The Morgan fingerprint density at radius 2 is 2.00 bits per heavy atom. The molecule has 1 aliphatic rings. The van der Waals surface area contributed by atoms with Gasteiger partial charge in [-0.25, -0.2) is 0 Å². The van der Waals surface area contributed by atoms with Gasteiger partial charge in [0.05, 0.1) is 17.1 Å². The second-order valence-electron chi connectivity index (χ2n) is 5.37. The summed E-state index contributed by atoms with van der Waals surface area (Å²) in [7, 11) is 0. The Labute approximate surface area is 135 Å². The molecule has 1 aliphatic carbocycles. The fourth-order valence-electron chi connectivity index (χ4n) is 3.07. The Kier molecular flexibility index (Phi) is 3.96. The maximum Gasteiger partial charge on any atom is 0.117 e. The van der Waals surface area contributed by atoms with E-state index in [-0.39, 0.29) is 12.4 Å². The molecule has 4 rings (SSSR count). The first kappa shape index (κ1) is 14.8. The van der Waals surface area contributed by atoms with Crippen molar-refractivity contribution in [3.05, 3.63) is 59.4 Å². The molecule has 0 aliphatic heterocycles. The lowest BCUT2D eigenvalue weighted by Crippen LogP contribution is -3.00. The molecule has 4 N–H and O–H groups in total. The van der Waals surface area contributed by atoms with Gasteiger partial charge < -0.3 is 18.1 Å². The first-order chi connectivity index (χ1) is 10.4. The molecule has 0 saturated carbocycles. The van der Waals surface area contributed by atoms with Gasteiger partial charge in [-0.3, -0.25) is 10.1 Å². The van der Waals surface area contributed by atoms with Crippen LogP contribution < -0.4 is 18.1 Å². The number of H-pyrrole nitrogens is 1. The molecule has 2 aromatic heterocycles. The molecule has 0 unspecified atom stereocenters. The SMILES string of the molecule is [Cl-].[NH3+]Cc1cc(-c2n[nH]c3c2CCc2ccccc2-3)ccn1. The number of nitrogens with zero attached hydrogens (tertiary/aromatic N) is 2. The van der Waals surface area contributed by atoms with Gasteiger partial charge in [0, 0.05) is 22.9 Å². The monoisotopic (exact) mass is 312 g/mol. The molecule has 1 aromatic carbocycles. The summed E-state index contributed by atoms with van der Waals surface area (Å²) in [5.74, 6) is 0. The average Bonchev–Trinajstić information content (AvgIpc) is 2.99. The van der Waals surface area contributed by atoms with E-state index in [0.717, 1.165) is 29.8 Å². The third-order valence-corrected chi connectivity index (χ3v) is 4.14. The normalized spacial score (nSPS) is 12.2. The zero-order chi connectivity index (χ0) is 14.2. The van der Waals surface area contributed by atoms with Gasteiger partial charge in [0.25, 0.3) is 0 Å². The van der Waals surface area contributed by atoms with Crippen molar-refractivity contribution in [2.45, 2.75) is 19.4 Å². The first-order valence-electron chi connectivity index (χ1n) is 7.27. The first-order valence-corrected chi connectivity index (χ1v) is 7.27. The van der Waals surface area contributed by atoms with E-state index in [1.807, 2.05) is 12.3 Å². The number of rotatable bonds is 2. The van der Waals surface area contributed by atoms with Gasteiger partial charge in [0.15, 0.2) is 0 Å². The van der Waals surface area contributed by atoms with Gasteiger partial charge in [-0.1, -0.05) is 24.3 Å². The Hall–Kier alpha value is -2.17. The maximum absolute atomic E-state index is 4.57. The van der Waals surface area contributed by atoms with E-state index < -0.39 is 0 Å². The van der Waals surface area contributed by atoms with Crippen molar-refractivity contribution in [1.29, 1.82) is 0 Å². The van der Waals surface area contributed by atoms with E-state index >= 15 is 0 Å². The minimum absolute atomic E-state index is 0. The largest absolute Gasteiger partial charge is 1.00 e. The fourth-order valence-corrected chi connectivity index (χ4v) is 3.07. The van der Waals surface area contributed by atoms with Gasteiger partial charge >= 0.3 is 0 Å². The zero-order valence-corrected chi connectivity index (χ0v) is 12.9. The standard InChI is InChI=1S/C17H16N4.ClH/c18-10-13-9-12(7-8-19-13)16-15-6-5-11-3-1-2-4-14(11)17(15)21-20-16;/h1-4,7-9H,5-6,10,18H2,(H,20,21);1H. The van der Waals surface area contributed by atoms with Crippen LogP contribution in [0, 0.1) is 0 Å². The van der Waals surface area contributed by atoms with Crippen molar-refractivity contribution in [2.75, 3.05) is 0 Å². The van der Waals surface area contributed by atoms with Crippen LogP contribution in [0.15, 0.2) is 42.6 Å². The Balaban J connectivity index is 0.00000144. The Morgan fingerprint density at radius 3 is 2.86 bits per heavy atom. The van der Waals surface area contributed by atoms with E-state index in [1.54, 1.807) is 0 Å². The lowest BCUT2D eigenvalue weighted by Gasteiger charge is -2.16. The molecule has 22 heavy (non-hydrogen) atoms. The molecule has 0 saturated heterocycles. The van der Waals surface area contributed by atoms with Crippen molar-refractivity contribution < 1.29 is 18.1 Å². The summed E-state index contributed by atoms with van der Waals surface area (Å²) >= 11 is 0. The van der Waals surface area contributed by atoms with Crippen LogP contribution in [0.3, 0.4) is 0 Å². The van der Waals surface area contributed by atoms with Crippen molar-refractivity contribution in [3.63, 3.8) is 0 Å². The van der Waals surface area contributed by atoms with Crippen LogP contribution in [0.5, 0.6) is 0 Å². The molecular formula is C17H17ClN4. The molecule has 0 atom stereocenters. The van der Waals surface area contributed by atoms with E-state index in [4.69, 9.17) is 0 Å². The van der Waals surface area contributed by atoms with Crippen LogP contribution in [0.1, 0.15) is 16.8 Å². The number of halogens is 1. The van der Waals surface area contributed by atoms with Gasteiger partial charge in [-0.15, -0.1) is 0 Å². The predicted molar refractivity (Wildman–Crippen MR) is 81.3 cm³/mol. The highest BCUT2D eigenvalue weighted by Gasteiger charge is 2.22. The number of hydrogen-bond acceptors (Lipinski definition) is 2. The highest BCUT2D eigenvalue weighted by Crippen LogP contribution is 2.36. The lowest BCUT2D eigenvalue weighted by atomic mass is 9.88. The van der Waals surface area contributed by atoms with Crippen molar-refractivity contribution in [3.8, 4) is 22.5 Å². The minimum atomic E-state index is 0. The number of hydrogen-bond donors (Lipinski definition) is 2. The average molecular weight is 313 g/mol. The Bertz CT molecular complexity index is 810. The van der Waals surface area contributed by atoms with E-state index in [2.05, 4.69) is 51.2 Å². The third-order valence-electron chi connectivity index (χ3n) is 4.14. The molecule has 2 heterocycles. The summed E-state index contributed by atoms with van der Waals surface area (Å²) in [6.07, 6.45) is 3.94. The van der Waals surface area contributed by atoms with Crippen LogP contribution in [0.25, 0.3) is 22.5 Å². The topological polar surface area (TPSA) is 69.2 Å². The predicted octanol–water partition coefficient (Wildman–Crippen LogP) is -1.02. The molecule has 5 heteroatoms. The summed E-state index contributed by atoms with van der Waals surface area (Å²) < 4.78 is 0. The molecule has 3 aromatic rings. The third kappa shape index (κ3) is 2.30. The summed E-state index contributed by atoms with van der Waals surface area (Å²) in [4.78, 5) is 4.32. The fraction of sp³-hybridized carbons (Fsp3) is 0.176. The summed E-state index contributed by atoms with van der Waals surface area (Å²) in [5.41, 5.74) is 12.2.